The fourth-order valence-corrected chi connectivity index (χ4v) is 3.46. The van der Waals surface area contributed by atoms with Crippen molar-refractivity contribution in [3.8, 4) is 5.69 Å². The van der Waals surface area contributed by atoms with Crippen LogP contribution >= 0.6 is 24.0 Å². The Balaban J connectivity index is 0.00000243. The van der Waals surface area contributed by atoms with Gasteiger partial charge in [-0.25, -0.2) is 4.68 Å². The van der Waals surface area contributed by atoms with Crippen molar-refractivity contribution in [1.82, 2.24) is 20.3 Å². The van der Waals surface area contributed by atoms with Gasteiger partial charge in [0, 0.05) is 17.1 Å². The topological polar surface area (TPSA) is 85.8 Å². The van der Waals surface area contributed by atoms with Crippen LogP contribution in [-0.2, 0) is 6.42 Å². The van der Waals surface area contributed by atoms with Gasteiger partial charge in [-0.2, -0.15) is 0 Å². The molecule has 0 saturated heterocycles. The molecule has 142 valence electrons. The van der Waals surface area contributed by atoms with Crippen LogP contribution in [0.25, 0.3) is 5.69 Å². The molecular formula is C18H25Cl2N5O. The highest BCUT2D eigenvalue weighted by Crippen LogP contribution is 2.20. The van der Waals surface area contributed by atoms with Crippen LogP contribution in [0.4, 0.5) is 0 Å². The maximum Gasteiger partial charge on any atom is 0.273 e. The van der Waals surface area contributed by atoms with Crippen molar-refractivity contribution in [3.63, 3.8) is 0 Å². The number of amides is 1. The number of aromatic nitrogens is 3. The van der Waals surface area contributed by atoms with Gasteiger partial charge in [-0.1, -0.05) is 36.2 Å². The third-order valence-electron chi connectivity index (χ3n) is 4.62. The van der Waals surface area contributed by atoms with Gasteiger partial charge in [0.2, 0.25) is 0 Å². The first kappa shape index (κ1) is 20.7. The predicted molar refractivity (Wildman–Crippen MR) is 105 cm³/mol. The van der Waals surface area contributed by atoms with Gasteiger partial charge in [-0.3, -0.25) is 4.79 Å². The van der Waals surface area contributed by atoms with Crippen LogP contribution in [0.5, 0.6) is 0 Å². The van der Waals surface area contributed by atoms with Gasteiger partial charge in [0.05, 0.1) is 11.4 Å². The number of hydrogen-bond donors (Lipinski definition) is 2. The lowest BCUT2D eigenvalue weighted by atomic mass is 9.92. The quantitative estimate of drug-likeness (QED) is 0.809. The molecule has 0 radical (unpaired) electrons. The molecule has 0 spiro atoms. The van der Waals surface area contributed by atoms with Crippen molar-refractivity contribution in [2.45, 2.75) is 57.5 Å². The zero-order chi connectivity index (χ0) is 17.8. The van der Waals surface area contributed by atoms with E-state index in [0.29, 0.717) is 10.7 Å². The average Bonchev–Trinajstić information content (AvgIpc) is 3.01. The molecule has 1 fully saturated rings. The fraction of sp³-hybridized carbons (Fsp3) is 0.500. The Morgan fingerprint density at radius 1 is 1.35 bits per heavy atom. The minimum atomic E-state index is -0.155. The molecule has 0 aliphatic heterocycles. The van der Waals surface area contributed by atoms with E-state index in [9.17, 15) is 4.79 Å². The van der Waals surface area contributed by atoms with E-state index in [1.54, 1.807) is 4.68 Å². The number of carbonyl (C=O) groups excluding carboxylic acids is 1. The first-order valence-corrected chi connectivity index (χ1v) is 9.23. The van der Waals surface area contributed by atoms with Crippen LogP contribution in [-0.4, -0.2) is 33.0 Å². The van der Waals surface area contributed by atoms with E-state index in [2.05, 4.69) is 22.6 Å². The maximum atomic E-state index is 12.7. The Morgan fingerprint density at radius 2 is 2.08 bits per heavy atom. The number of benzene rings is 1. The van der Waals surface area contributed by atoms with E-state index in [0.717, 1.165) is 49.9 Å². The van der Waals surface area contributed by atoms with Crippen molar-refractivity contribution in [2.75, 3.05) is 0 Å². The van der Waals surface area contributed by atoms with E-state index in [1.165, 1.54) is 0 Å². The van der Waals surface area contributed by atoms with Crippen molar-refractivity contribution < 1.29 is 4.79 Å². The second-order valence-electron chi connectivity index (χ2n) is 6.61. The van der Waals surface area contributed by atoms with Gasteiger partial charge in [0.1, 0.15) is 0 Å². The van der Waals surface area contributed by atoms with Crippen LogP contribution in [0.2, 0.25) is 5.02 Å². The zero-order valence-corrected chi connectivity index (χ0v) is 16.4. The Kier molecular flexibility index (Phi) is 7.43. The minimum Gasteiger partial charge on any atom is -0.348 e. The summed E-state index contributed by atoms with van der Waals surface area (Å²) in [4.78, 5) is 12.7. The molecule has 3 N–H and O–H groups in total. The molecule has 1 aromatic heterocycles. The third-order valence-corrected chi connectivity index (χ3v) is 4.86. The van der Waals surface area contributed by atoms with Crippen LogP contribution in [0, 0.1) is 0 Å². The smallest absolute Gasteiger partial charge is 0.273 e. The summed E-state index contributed by atoms with van der Waals surface area (Å²) in [6.07, 6.45) is 5.34. The molecule has 8 heteroatoms. The Labute approximate surface area is 164 Å². The van der Waals surface area contributed by atoms with Crippen molar-refractivity contribution in [3.05, 3.63) is 40.7 Å². The van der Waals surface area contributed by atoms with Gasteiger partial charge >= 0.3 is 0 Å². The number of carbonyl (C=O) groups is 1. The van der Waals surface area contributed by atoms with Gasteiger partial charge in [0.25, 0.3) is 5.91 Å². The Hall–Kier alpha value is -1.63. The molecule has 26 heavy (non-hydrogen) atoms. The largest absolute Gasteiger partial charge is 0.348 e. The highest BCUT2D eigenvalue weighted by Gasteiger charge is 2.25. The molecule has 1 aliphatic rings. The molecule has 1 aliphatic carbocycles. The second kappa shape index (κ2) is 9.35. The average molecular weight is 398 g/mol. The van der Waals surface area contributed by atoms with Gasteiger partial charge in [-0.15, -0.1) is 17.5 Å². The zero-order valence-electron chi connectivity index (χ0n) is 14.8. The summed E-state index contributed by atoms with van der Waals surface area (Å²) in [5.74, 6) is -0.155. The number of nitrogens with zero attached hydrogens (tertiary/aromatic N) is 3. The molecule has 1 amide bonds. The molecule has 0 unspecified atom stereocenters. The number of halogens is 2. The van der Waals surface area contributed by atoms with E-state index in [1.807, 2.05) is 24.3 Å². The standard InChI is InChI=1S/C18H24ClN5O.ClH/c1-2-4-16-17(18(25)21-14-9-7-13(20)8-10-14)22-23-24(16)15-6-3-5-12(19)11-15;/h3,5-6,11,13-14H,2,4,7-10,20H2,1H3,(H,21,25);1H. The summed E-state index contributed by atoms with van der Waals surface area (Å²) in [6.45, 7) is 2.07. The summed E-state index contributed by atoms with van der Waals surface area (Å²) < 4.78 is 1.71. The van der Waals surface area contributed by atoms with Crippen LogP contribution in [0.1, 0.15) is 55.2 Å². The van der Waals surface area contributed by atoms with Gasteiger partial charge in [0.15, 0.2) is 5.69 Å². The van der Waals surface area contributed by atoms with E-state index >= 15 is 0 Å². The van der Waals surface area contributed by atoms with Crippen LogP contribution in [0.15, 0.2) is 24.3 Å². The summed E-state index contributed by atoms with van der Waals surface area (Å²) in [7, 11) is 0. The normalized spacial score (nSPS) is 19.7. The Bertz CT molecular complexity index is 741. The molecule has 1 aromatic carbocycles. The summed E-state index contributed by atoms with van der Waals surface area (Å²) in [5, 5.41) is 12.1. The van der Waals surface area contributed by atoms with E-state index < -0.39 is 0 Å². The molecular weight excluding hydrogens is 373 g/mol. The molecule has 1 saturated carbocycles. The lowest BCUT2D eigenvalue weighted by Crippen LogP contribution is -2.40. The number of rotatable bonds is 5. The SMILES string of the molecule is CCCc1c(C(=O)NC2CCC(N)CC2)nnn1-c1cccc(Cl)c1.Cl. The fourth-order valence-electron chi connectivity index (χ4n) is 3.27. The number of hydrogen-bond acceptors (Lipinski definition) is 4. The minimum absolute atomic E-state index is 0. The first-order valence-electron chi connectivity index (χ1n) is 8.85. The Morgan fingerprint density at radius 3 is 2.73 bits per heavy atom. The lowest BCUT2D eigenvalue weighted by molar-refractivity contribution is 0.0919. The van der Waals surface area contributed by atoms with Crippen molar-refractivity contribution in [2.24, 2.45) is 5.73 Å². The number of nitrogens with one attached hydrogen (secondary N) is 1. The molecule has 0 bridgehead atoms. The van der Waals surface area contributed by atoms with Crippen LogP contribution < -0.4 is 11.1 Å². The third kappa shape index (κ3) is 4.75. The molecule has 6 nitrogen and oxygen atoms in total. The molecule has 3 rings (SSSR count). The molecule has 2 aromatic rings. The summed E-state index contributed by atoms with van der Waals surface area (Å²) in [6, 6.07) is 7.82. The molecule has 1 heterocycles. The predicted octanol–water partition coefficient (Wildman–Crippen LogP) is 3.29. The number of nitrogens with two attached hydrogens (primary N) is 1. The monoisotopic (exact) mass is 397 g/mol. The summed E-state index contributed by atoms with van der Waals surface area (Å²) >= 11 is 6.08. The van der Waals surface area contributed by atoms with E-state index in [-0.39, 0.29) is 30.4 Å². The van der Waals surface area contributed by atoms with Gasteiger partial charge < -0.3 is 11.1 Å². The van der Waals surface area contributed by atoms with Crippen molar-refractivity contribution in [1.29, 1.82) is 0 Å². The molecule has 0 atom stereocenters. The highest BCUT2D eigenvalue weighted by atomic mass is 35.5. The van der Waals surface area contributed by atoms with E-state index in [4.69, 9.17) is 17.3 Å². The first-order chi connectivity index (χ1) is 12.1. The lowest BCUT2D eigenvalue weighted by Gasteiger charge is -2.26. The van der Waals surface area contributed by atoms with Gasteiger partial charge in [-0.05, 0) is 50.3 Å². The summed E-state index contributed by atoms with van der Waals surface area (Å²) in [5.41, 5.74) is 7.96. The van der Waals surface area contributed by atoms with Crippen molar-refractivity contribution >= 4 is 29.9 Å². The highest BCUT2D eigenvalue weighted by molar-refractivity contribution is 6.30. The maximum absolute atomic E-state index is 12.7. The second-order valence-corrected chi connectivity index (χ2v) is 7.05. The van der Waals surface area contributed by atoms with Crippen LogP contribution in [0.3, 0.4) is 0 Å².